The lowest BCUT2D eigenvalue weighted by Gasteiger charge is -2.30. The van der Waals surface area contributed by atoms with Crippen LogP contribution in [0, 0.1) is 11.8 Å². The van der Waals surface area contributed by atoms with Gasteiger partial charge in [-0.25, -0.2) is 9.78 Å². The molecule has 2 aliphatic rings. The first-order chi connectivity index (χ1) is 14.0. The summed E-state index contributed by atoms with van der Waals surface area (Å²) in [5.41, 5.74) is 1.51. The van der Waals surface area contributed by atoms with Gasteiger partial charge in [-0.15, -0.1) is 22.9 Å². The average Bonchev–Trinajstić information content (AvgIpc) is 3.28. The fraction of sp³-hybridized carbons (Fsp3) is 0.714. The van der Waals surface area contributed by atoms with Crippen LogP contribution in [0.5, 0.6) is 0 Å². The molecule has 3 rings (SSSR count). The monoisotopic (exact) mass is 459 g/mol. The van der Waals surface area contributed by atoms with E-state index < -0.39 is 0 Å². The molecule has 1 aliphatic carbocycles. The number of ether oxygens (including phenoxy) is 3. The number of esters is 1. The number of carbonyl (C=O) groups excluding carboxylic acids is 1. The van der Waals surface area contributed by atoms with Gasteiger partial charge in [0.25, 0.3) is 0 Å². The van der Waals surface area contributed by atoms with Crippen molar-refractivity contribution in [2.75, 3.05) is 19.0 Å². The molecule has 1 aromatic heterocycles. The van der Waals surface area contributed by atoms with E-state index in [1.165, 1.54) is 11.3 Å². The molecule has 0 N–H and O–H groups in total. The number of hydrogen-bond donors (Lipinski definition) is 0. The van der Waals surface area contributed by atoms with Crippen molar-refractivity contribution in [3.8, 4) is 0 Å². The summed E-state index contributed by atoms with van der Waals surface area (Å²) in [4.78, 5) is 16.1. The minimum absolute atomic E-state index is 0.0669. The summed E-state index contributed by atoms with van der Waals surface area (Å²) in [6, 6.07) is 0. The van der Waals surface area contributed by atoms with Gasteiger partial charge in [-0.05, 0) is 51.9 Å². The predicted molar refractivity (Wildman–Crippen MR) is 118 cm³/mol. The van der Waals surface area contributed by atoms with E-state index in [0.29, 0.717) is 18.2 Å². The highest BCUT2D eigenvalue weighted by molar-refractivity contribution is 8.01. The SMILES string of the molecule is C=C(C)[C@@H]1C(CCSc2nc(C(=O)OCC)cs2)[C@H](Cl)C[C@H]1OC1CCCCO1. The summed E-state index contributed by atoms with van der Waals surface area (Å²) >= 11 is 9.89. The number of hydrogen-bond acceptors (Lipinski definition) is 7. The third kappa shape index (κ3) is 6.20. The highest BCUT2D eigenvalue weighted by atomic mass is 35.5. The fourth-order valence-corrected chi connectivity index (χ4v) is 6.51. The van der Waals surface area contributed by atoms with Gasteiger partial charge in [-0.3, -0.25) is 0 Å². The van der Waals surface area contributed by atoms with Crippen LogP contribution >= 0.6 is 34.7 Å². The molecule has 1 saturated heterocycles. The van der Waals surface area contributed by atoms with Crippen LogP contribution in [0.15, 0.2) is 21.9 Å². The van der Waals surface area contributed by atoms with Crippen molar-refractivity contribution in [3.63, 3.8) is 0 Å². The van der Waals surface area contributed by atoms with Crippen LogP contribution in [0.25, 0.3) is 0 Å². The second kappa shape index (κ2) is 11.1. The quantitative estimate of drug-likeness (QED) is 0.209. The van der Waals surface area contributed by atoms with Gasteiger partial charge in [0.1, 0.15) is 0 Å². The first-order valence-corrected chi connectivity index (χ1v) is 12.6. The van der Waals surface area contributed by atoms with Crippen molar-refractivity contribution in [2.45, 2.75) is 68.1 Å². The van der Waals surface area contributed by atoms with Gasteiger partial charge in [-0.2, -0.15) is 0 Å². The molecule has 8 heteroatoms. The Kier molecular flexibility index (Phi) is 8.86. The smallest absolute Gasteiger partial charge is 0.357 e. The molecule has 29 heavy (non-hydrogen) atoms. The molecule has 5 nitrogen and oxygen atoms in total. The van der Waals surface area contributed by atoms with Crippen molar-refractivity contribution in [1.29, 1.82) is 0 Å². The average molecular weight is 460 g/mol. The minimum atomic E-state index is -0.362. The Labute approximate surface area is 186 Å². The third-order valence-electron chi connectivity index (χ3n) is 5.46. The van der Waals surface area contributed by atoms with E-state index in [9.17, 15) is 4.79 Å². The van der Waals surface area contributed by atoms with E-state index in [-0.39, 0.29) is 29.7 Å². The molecule has 1 aliphatic heterocycles. The summed E-state index contributed by atoms with van der Waals surface area (Å²) in [5, 5.41) is 1.82. The van der Waals surface area contributed by atoms with Crippen LogP contribution < -0.4 is 0 Å². The first-order valence-electron chi connectivity index (χ1n) is 10.3. The van der Waals surface area contributed by atoms with Crippen molar-refractivity contribution in [3.05, 3.63) is 23.2 Å². The zero-order valence-electron chi connectivity index (χ0n) is 17.1. The van der Waals surface area contributed by atoms with Crippen LogP contribution in [-0.4, -0.2) is 47.7 Å². The molecule has 0 radical (unpaired) electrons. The molecule has 0 amide bonds. The van der Waals surface area contributed by atoms with Crippen molar-refractivity contribution >= 4 is 40.7 Å². The molecule has 2 fully saturated rings. The van der Waals surface area contributed by atoms with E-state index in [2.05, 4.69) is 18.5 Å². The normalized spacial score (nSPS) is 29.7. The number of halogens is 1. The Balaban J connectivity index is 1.53. The minimum Gasteiger partial charge on any atom is -0.461 e. The van der Waals surface area contributed by atoms with Gasteiger partial charge in [0, 0.05) is 29.0 Å². The van der Waals surface area contributed by atoms with Crippen molar-refractivity contribution in [1.82, 2.24) is 4.98 Å². The molecular weight excluding hydrogens is 430 g/mol. The molecule has 2 heterocycles. The standard InChI is InChI=1S/C21H30ClNO4S2/c1-4-25-20(24)16-12-29-21(23-16)28-10-8-14-15(22)11-17(19(14)13(2)3)27-18-7-5-6-9-26-18/h12,14-15,17-19H,2,4-11H2,1,3H3/t14?,15-,17-,18?,19-/m1/s1. The lowest BCUT2D eigenvalue weighted by molar-refractivity contribution is -0.193. The summed E-state index contributed by atoms with van der Waals surface area (Å²) < 4.78 is 18.0. The highest BCUT2D eigenvalue weighted by Crippen LogP contribution is 2.44. The Morgan fingerprint density at radius 1 is 1.48 bits per heavy atom. The molecular formula is C21H30ClNO4S2. The van der Waals surface area contributed by atoms with Crippen LogP contribution in [0.3, 0.4) is 0 Å². The van der Waals surface area contributed by atoms with Crippen LogP contribution in [0.4, 0.5) is 0 Å². The topological polar surface area (TPSA) is 57.7 Å². The number of carbonyl (C=O) groups is 1. The van der Waals surface area contributed by atoms with Crippen LogP contribution in [0.2, 0.25) is 0 Å². The number of alkyl halides is 1. The molecule has 1 aromatic rings. The van der Waals surface area contributed by atoms with Gasteiger partial charge < -0.3 is 14.2 Å². The Hall–Kier alpha value is -0.600. The maximum absolute atomic E-state index is 11.8. The lowest BCUT2D eigenvalue weighted by atomic mass is 9.87. The lowest BCUT2D eigenvalue weighted by Crippen LogP contribution is -2.31. The third-order valence-corrected chi connectivity index (χ3v) is 8.02. The molecule has 0 spiro atoms. The molecule has 5 atom stereocenters. The largest absolute Gasteiger partial charge is 0.461 e. The number of thiazole rings is 1. The summed E-state index contributed by atoms with van der Waals surface area (Å²) in [6.45, 7) is 9.22. The molecule has 1 saturated carbocycles. The van der Waals surface area contributed by atoms with Crippen LogP contribution in [0.1, 0.15) is 56.4 Å². The zero-order valence-corrected chi connectivity index (χ0v) is 19.5. The fourth-order valence-electron chi connectivity index (χ4n) is 4.15. The van der Waals surface area contributed by atoms with Crippen molar-refractivity contribution < 1.29 is 19.0 Å². The first kappa shape index (κ1) is 23.1. The van der Waals surface area contributed by atoms with E-state index in [4.69, 9.17) is 25.8 Å². The predicted octanol–water partition coefficient (Wildman–Crippen LogP) is 5.53. The van der Waals surface area contributed by atoms with Gasteiger partial charge in [0.05, 0.1) is 12.7 Å². The van der Waals surface area contributed by atoms with Crippen LogP contribution in [-0.2, 0) is 14.2 Å². The van der Waals surface area contributed by atoms with Gasteiger partial charge in [-0.1, -0.05) is 23.9 Å². The summed E-state index contributed by atoms with van der Waals surface area (Å²) in [6.07, 6.45) is 4.98. The maximum atomic E-state index is 11.8. The second-order valence-corrected chi connectivity index (χ2v) is 10.4. The van der Waals surface area contributed by atoms with E-state index >= 15 is 0 Å². The number of aromatic nitrogens is 1. The summed E-state index contributed by atoms with van der Waals surface area (Å²) in [5.74, 6) is 1.09. The second-order valence-electron chi connectivity index (χ2n) is 7.61. The summed E-state index contributed by atoms with van der Waals surface area (Å²) in [7, 11) is 0. The zero-order chi connectivity index (χ0) is 20.8. The Morgan fingerprint density at radius 3 is 3.00 bits per heavy atom. The number of nitrogens with zero attached hydrogens (tertiary/aromatic N) is 1. The maximum Gasteiger partial charge on any atom is 0.357 e. The van der Waals surface area contributed by atoms with Gasteiger partial charge in [0.2, 0.25) is 0 Å². The molecule has 0 aromatic carbocycles. The molecule has 162 valence electrons. The molecule has 0 bridgehead atoms. The molecule has 2 unspecified atom stereocenters. The Morgan fingerprint density at radius 2 is 2.31 bits per heavy atom. The van der Waals surface area contributed by atoms with E-state index in [1.54, 1.807) is 24.1 Å². The highest BCUT2D eigenvalue weighted by Gasteiger charge is 2.44. The van der Waals surface area contributed by atoms with Crippen molar-refractivity contribution in [2.24, 2.45) is 11.8 Å². The Bertz CT molecular complexity index is 692. The van der Waals surface area contributed by atoms with Gasteiger partial charge in [0.15, 0.2) is 16.3 Å². The number of thioether (sulfide) groups is 1. The number of rotatable bonds is 9. The van der Waals surface area contributed by atoms with Gasteiger partial charge >= 0.3 is 5.97 Å². The van der Waals surface area contributed by atoms with E-state index in [1.807, 2.05) is 0 Å². The van der Waals surface area contributed by atoms with E-state index in [0.717, 1.165) is 54.4 Å².